The van der Waals surface area contributed by atoms with E-state index in [0.717, 1.165) is 32.6 Å². The lowest BCUT2D eigenvalue weighted by molar-refractivity contribution is -0.0151. The number of aromatic nitrogens is 1. The van der Waals surface area contributed by atoms with Crippen molar-refractivity contribution in [2.45, 2.75) is 58.9 Å². The Bertz CT molecular complexity index is 570. The smallest absolute Gasteiger partial charge is 0.273 e. The number of nitrogens with one attached hydrogen (secondary N) is 1. The average Bonchev–Trinajstić information content (AvgIpc) is 3.10. The first-order chi connectivity index (χ1) is 12.9. The van der Waals surface area contributed by atoms with Crippen molar-refractivity contribution >= 4 is 5.91 Å². The molecule has 0 saturated carbocycles. The van der Waals surface area contributed by atoms with Gasteiger partial charge in [0.1, 0.15) is 6.26 Å². The number of carbonyl (C=O) groups excluding carboxylic acids is 1. The number of β-amino-alcohol motifs (C(OH)–C–C–N with tert-alkyl or cyclic N) is 1. The molecule has 0 aromatic carbocycles. The van der Waals surface area contributed by atoms with E-state index >= 15 is 0 Å². The second kappa shape index (κ2) is 10.8. The molecule has 0 radical (unpaired) electrons. The Morgan fingerprint density at radius 1 is 1.30 bits per heavy atom. The van der Waals surface area contributed by atoms with Gasteiger partial charge in [-0.2, -0.15) is 0 Å². The van der Waals surface area contributed by atoms with Crippen LogP contribution in [-0.2, 0) is 11.3 Å². The third kappa shape index (κ3) is 7.57. The third-order valence-corrected chi connectivity index (χ3v) is 4.69. The van der Waals surface area contributed by atoms with Crippen molar-refractivity contribution in [1.82, 2.24) is 20.1 Å². The van der Waals surface area contributed by atoms with Crippen LogP contribution in [0.2, 0.25) is 0 Å². The number of amides is 1. The van der Waals surface area contributed by atoms with E-state index in [2.05, 4.69) is 20.1 Å². The molecule has 2 N–H and O–H groups in total. The first-order valence-corrected chi connectivity index (χ1v) is 9.87. The number of hydrogen-bond acceptors (Lipinski definition) is 7. The van der Waals surface area contributed by atoms with Crippen LogP contribution in [0.4, 0.5) is 0 Å². The molecule has 27 heavy (non-hydrogen) atoms. The topological polar surface area (TPSA) is 91.1 Å². The van der Waals surface area contributed by atoms with Gasteiger partial charge < -0.3 is 19.6 Å². The summed E-state index contributed by atoms with van der Waals surface area (Å²) in [5, 5.41) is 12.9. The molecule has 2 rings (SSSR count). The zero-order chi connectivity index (χ0) is 19.8. The summed E-state index contributed by atoms with van der Waals surface area (Å²) in [5.41, 5.74) is 0.331. The molecule has 0 bridgehead atoms. The van der Waals surface area contributed by atoms with E-state index in [1.54, 1.807) is 0 Å². The summed E-state index contributed by atoms with van der Waals surface area (Å²) in [7, 11) is 0. The number of aliphatic hydroxyl groups excluding tert-OH is 1. The van der Waals surface area contributed by atoms with Crippen LogP contribution in [0.3, 0.4) is 0 Å². The van der Waals surface area contributed by atoms with Gasteiger partial charge in [0.05, 0.1) is 25.4 Å². The number of ether oxygens (including phenoxy) is 1. The number of piperazine rings is 1. The van der Waals surface area contributed by atoms with Crippen molar-refractivity contribution in [3.8, 4) is 0 Å². The fourth-order valence-corrected chi connectivity index (χ4v) is 2.86. The molecule has 1 aromatic heterocycles. The van der Waals surface area contributed by atoms with Crippen molar-refractivity contribution in [3.63, 3.8) is 0 Å². The van der Waals surface area contributed by atoms with E-state index < -0.39 is 6.10 Å². The summed E-state index contributed by atoms with van der Waals surface area (Å²) < 4.78 is 10.9. The molecule has 2 atom stereocenters. The number of hydrogen-bond donors (Lipinski definition) is 2. The lowest BCUT2D eigenvalue weighted by Gasteiger charge is -2.35. The molecule has 8 heteroatoms. The van der Waals surface area contributed by atoms with Gasteiger partial charge in [0.25, 0.3) is 5.91 Å². The van der Waals surface area contributed by atoms with Gasteiger partial charge in [-0.3, -0.25) is 14.6 Å². The van der Waals surface area contributed by atoms with Gasteiger partial charge in [-0.1, -0.05) is 6.92 Å². The molecule has 1 amide bonds. The van der Waals surface area contributed by atoms with Gasteiger partial charge in [0.2, 0.25) is 5.89 Å². The Hall–Kier alpha value is -1.48. The molecule has 1 saturated heterocycles. The predicted molar refractivity (Wildman–Crippen MR) is 103 cm³/mol. The van der Waals surface area contributed by atoms with Gasteiger partial charge in [0.15, 0.2) is 5.69 Å². The highest BCUT2D eigenvalue weighted by atomic mass is 16.5. The minimum absolute atomic E-state index is 0.118. The fourth-order valence-electron chi connectivity index (χ4n) is 2.86. The highest BCUT2D eigenvalue weighted by molar-refractivity contribution is 5.92. The molecule has 2 heterocycles. The van der Waals surface area contributed by atoms with Crippen molar-refractivity contribution in [2.24, 2.45) is 0 Å². The molecule has 1 aliphatic rings. The molecule has 1 aliphatic heterocycles. The Labute approximate surface area is 161 Å². The summed E-state index contributed by atoms with van der Waals surface area (Å²) in [4.78, 5) is 20.9. The monoisotopic (exact) mass is 382 g/mol. The predicted octanol–water partition coefficient (Wildman–Crippen LogP) is 1.11. The van der Waals surface area contributed by atoms with Crippen molar-refractivity contribution in [3.05, 3.63) is 17.8 Å². The van der Waals surface area contributed by atoms with E-state index in [1.165, 1.54) is 6.26 Å². The molecular weight excluding hydrogens is 348 g/mol. The van der Waals surface area contributed by atoms with Crippen LogP contribution in [0, 0.1) is 0 Å². The standard InChI is InChI=1S/C19H34N4O4/c1-5-15(4)20-19(25)17-13-27-18(21-17)11-23-8-6-22(7-9-23)10-16(24)12-26-14(2)3/h13-16,24H,5-12H2,1-4H3,(H,20,25)/t15-,16-/m0/s1. The van der Waals surface area contributed by atoms with Crippen LogP contribution in [0.25, 0.3) is 0 Å². The number of rotatable bonds is 10. The molecular formula is C19H34N4O4. The summed E-state index contributed by atoms with van der Waals surface area (Å²) in [6, 6.07) is 0.118. The van der Waals surface area contributed by atoms with Crippen LogP contribution in [0.5, 0.6) is 0 Å². The maximum atomic E-state index is 12.1. The molecule has 1 aromatic rings. The molecule has 1 fully saturated rings. The molecule has 8 nitrogen and oxygen atoms in total. The zero-order valence-electron chi connectivity index (χ0n) is 17.0. The van der Waals surface area contributed by atoms with Crippen molar-refractivity contribution in [2.75, 3.05) is 39.3 Å². The van der Waals surface area contributed by atoms with Crippen LogP contribution >= 0.6 is 0 Å². The summed E-state index contributed by atoms with van der Waals surface area (Å²) in [6.45, 7) is 13.0. The van der Waals surface area contributed by atoms with Gasteiger partial charge in [-0.25, -0.2) is 4.98 Å². The first-order valence-electron chi connectivity index (χ1n) is 9.87. The van der Waals surface area contributed by atoms with Gasteiger partial charge in [-0.15, -0.1) is 0 Å². The Balaban J connectivity index is 1.72. The second-order valence-electron chi connectivity index (χ2n) is 7.52. The third-order valence-electron chi connectivity index (χ3n) is 4.69. The fraction of sp³-hybridized carbons (Fsp3) is 0.789. The van der Waals surface area contributed by atoms with E-state index in [1.807, 2.05) is 27.7 Å². The number of aliphatic hydroxyl groups is 1. The van der Waals surface area contributed by atoms with Crippen molar-refractivity contribution < 1.29 is 19.1 Å². The van der Waals surface area contributed by atoms with E-state index in [4.69, 9.17) is 9.15 Å². The van der Waals surface area contributed by atoms with Crippen LogP contribution in [0.15, 0.2) is 10.7 Å². The minimum Gasteiger partial charge on any atom is -0.447 e. The number of oxazole rings is 1. The van der Waals surface area contributed by atoms with Gasteiger partial charge in [-0.05, 0) is 27.2 Å². The minimum atomic E-state index is -0.461. The summed E-state index contributed by atoms with van der Waals surface area (Å²) in [5.74, 6) is 0.366. The second-order valence-corrected chi connectivity index (χ2v) is 7.52. The van der Waals surface area contributed by atoms with E-state index in [-0.39, 0.29) is 18.1 Å². The summed E-state index contributed by atoms with van der Waals surface area (Å²) in [6.07, 6.45) is 1.97. The van der Waals surface area contributed by atoms with E-state index in [0.29, 0.717) is 31.3 Å². The van der Waals surface area contributed by atoms with Gasteiger partial charge >= 0.3 is 0 Å². The summed E-state index contributed by atoms with van der Waals surface area (Å²) >= 11 is 0. The van der Waals surface area contributed by atoms with E-state index in [9.17, 15) is 9.90 Å². The SMILES string of the molecule is CC[C@H](C)NC(=O)c1coc(CN2CCN(C[C@H](O)COC(C)C)CC2)n1. The highest BCUT2D eigenvalue weighted by Crippen LogP contribution is 2.10. The number of nitrogens with zero attached hydrogens (tertiary/aromatic N) is 3. The Morgan fingerprint density at radius 3 is 2.59 bits per heavy atom. The maximum absolute atomic E-state index is 12.1. The Kier molecular flexibility index (Phi) is 8.69. The molecule has 154 valence electrons. The molecule has 0 unspecified atom stereocenters. The zero-order valence-corrected chi connectivity index (χ0v) is 17.0. The number of carbonyl (C=O) groups is 1. The van der Waals surface area contributed by atoms with Crippen LogP contribution in [-0.4, -0.2) is 83.4 Å². The van der Waals surface area contributed by atoms with Crippen molar-refractivity contribution in [1.29, 1.82) is 0 Å². The first kappa shape index (κ1) is 21.8. The van der Waals surface area contributed by atoms with Crippen LogP contribution in [0.1, 0.15) is 50.5 Å². The maximum Gasteiger partial charge on any atom is 0.273 e. The Morgan fingerprint density at radius 2 is 1.96 bits per heavy atom. The van der Waals surface area contributed by atoms with Gasteiger partial charge in [0, 0.05) is 38.8 Å². The highest BCUT2D eigenvalue weighted by Gasteiger charge is 2.21. The molecule has 0 aliphatic carbocycles. The van der Waals surface area contributed by atoms with Crippen LogP contribution < -0.4 is 5.32 Å². The largest absolute Gasteiger partial charge is 0.447 e. The molecule has 0 spiro atoms. The average molecular weight is 383 g/mol. The lowest BCUT2D eigenvalue weighted by atomic mass is 10.2. The normalized spacial score (nSPS) is 18.6. The lowest BCUT2D eigenvalue weighted by Crippen LogP contribution is -2.48. The quantitative estimate of drug-likeness (QED) is 0.626.